The number of ether oxygens (including phenoxy) is 1. The Morgan fingerprint density at radius 1 is 1.21 bits per heavy atom. The van der Waals surface area contributed by atoms with E-state index in [1.165, 1.54) is 0 Å². The van der Waals surface area contributed by atoms with Crippen LogP contribution in [0.5, 0.6) is 5.75 Å². The summed E-state index contributed by atoms with van der Waals surface area (Å²) in [5, 5.41) is 10.4. The summed E-state index contributed by atoms with van der Waals surface area (Å²) in [6, 6.07) is 4.19. The molecule has 0 aliphatic carbocycles. The number of hydrogen-bond acceptors (Lipinski definition) is 5. The number of benzene rings is 1. The van der Waals surface area contributed by atoms with Gasteiger partial charge in [-0.2, -0.15) is 0 Å². The van der Waals surface area contributed by atoms with E-state index >= 15 is 0 Å². The first-order valence-electron chi connectivity index (χ1n) is 6.42. The van der Waals surface area contributed by atoms with Crippen LogP contribution in [0.4, 0.5) is 0 Å². The van der Waals surface area contributed by atoms with Crippen LogP contribution in [0, 0.1) is 13.8 Å². The van der Waals surface area contributed by atoms with Crippen molar-refractivity contribution in [3.05, 3.63) is 28.3 Å². The van der Waals surface area contributed by atoms with Crippen molar-refractivity contribution >= 4 is 11.3 Å². The molecule has 1 heterocycles. The zero-order valence-electron chi connectivity index (χ0n) is 11.6. The molecule has 0 radical (unpaired) electrons. The van der Waals surface area contributed by atoms with Crippen LogP contribution < -0.4 is 10.5 Å². The van der Waals surface area contributed by atoms with E-state index in [9.17, 15) is 0 Å². The van der Waals surface area contributed by atoms with Crippen LogP contribution in [-0.4, -0.2) is 23.3 Å². The average molecular weight is 277 g/mol. The molecule has 0 unspecified atom stereocenters. The molecule has 2 aromatic rings. The average Bonchev–Trinajstić information content (AvgIpc) is 2.82. The summed E-state index contributed by atoms with van der Waals surface area (Å²) in [5.41, 5.74) is 8.94. The van der Waals surface area contributed by atoms with E-state index in [1.807, 2.05) is 6.92 Å². The van der Waals surface area contributed by atoms with Crippen LogP contribution in [0.15, 0.2) is 12.1 Å². The number of aromatic nitrogens is 2. The van der Waals surface area contributed by atoms with E-state index in [2.05, 4.69) is 36.2 Å². The molecule has 0 spiro atoms. The molecule has 0 aliphatic heterocycles. The van der Waals surface area contributed by atoms with Crippen molar-refractivity contribution in [1.82, 2.24) is 10.2 Å². The lowest BCUT2D eigenvalue weighted by molar-refractivity contribution is 0.337. The van der Waals surface area contributed by atoms with Gasteiger partial charge in [0.15, 0.2) is 0 Å². The van der Waals surface area contributed by atoms with Gasteiger partial charge < -0.3 is 10.5 Å². The van der Waals surface area contributed by atoms with Gasteiger partial charge in [-0.25, -0.2) is 0 Å². The minimum Gasteiger partial charge on any atom is -0.494 e. The van der Waals surface area contributed by atoms with Crippen molar-refractivity contribution in [2.45, 2.75) is 27.2 Å². The van der Waals surface area contributed by atoms with Gasteiger partial charge in [0, 0.05) is 12.0 Å². The maximum atomic E-state index is 5.60. The third-order valence-electron chi connectivity index (χ3n) is 2.88. The predicted octanol–water partition coefficient (Wildman–Crippen LogP) is 2.72. The van der Waals surface area contributed by atoms with Gasteiger partial charge in [0.1, 0.15) is 15.8 Å². The van der Waals surface area contributed by atoms with E-state index in [-0.39, 0.29) is 0 Å². The molecule has 0 aliphatic rings. The molecule has 0 saturated heterocycles. The summed E-state index contributed by atoms with van der Waals surface area (Å²) in [4.78, 5) is 0. The third-order valence-corrected chi connectivity index (χ3v) is 3.89. The first-order valence-corrected chi connectivity index (χ1v) is 7.24. The molecule has 0 saturated carbocycles. The van der Waals surface area contributed by atoms with Crippen molar-refractivity contribution in [2.75, 3.05) is 13.2 Å². The maximum Gasteiger partial charge on any atom is 0.148 e. The summed E-state index contributed by atoms with van der Waals surface area (Å²) in [6.45, 7) is 7.40. The molecule has 19 heavy (non-hydrogen) atoms. The third kappa shape index (κ3) is 3.11. The van der Waals surface area contributed by atoms with Crippen LogP contribution in [0.25, 0.3) is 10.6 Å². The molecule has 4 nitrogen and oxygen atoms in total. The Morgan fingerprint density at radius 2 is 2.00 bits per heavy atom. The molecule has 0 amide bonds. The molecule has 2 rings (SSSR count). The van der Waals surface area contributed by atoms with Crippen molar-refractivity contribution < 1.29 is 4.74 Å². The van der Waals surface area contributed by atoms with Crippen molar-refractivity contribution in [3.8, 4) is 16.3 Å². The highest BCUT2D eigenvalue weighted by Gasteiger charge is 2.11. The molecule has 0 fully saturated rings. The monoisotopic (exact) mass is 277 g/mol. The number of rotatable bonds is 5. The standard InChI is InChI=1S/C14H19N3OS/c1-4-18-12-8-9(2)11(7-10(12)3)14-17-16-13(19-14)5-6-15/h7-8H,4-6,15H2,1-3H3. The minimum atomic E-state index is 0.607. The fourth-order valence-corrected chi connectivity index (χ4v) is 2.85. The number of aryl methyl sites for hydroxylation is 2. The first-order chi connectivity index (χ1) is 9.15. The summed E-state index contributed by atoms with van der Waals surface area (Å²) < 4.78 is 5.60. The fraction of sp³-hybridized carbons (Fsp3) is 0.429. The first kappa shape index (κ1) is 14.0. The molecular formula is C14H19N3OS. The Hall–Kier alpha value is -1.46. The Morgan fingerprint density at radius 3 is 2.68 bits per heavy atom. The fourth-order valence-electron chi connectivity index (χ4n) is 1.92. The van der Waals surface area contributed by atoms with E-state index in [0.717, 1.165) is 38.9 Å². The highest BCUT2D eigenvalue weighted by molar-refractivity contribution is 7.14. The molecular weight excluding hydrogens is 258 g/mol. The van der Waals surface area contributed by atoms with E-state index in [1.54, 1.807) is 11.3 Å². The predicted molar refractivity (Wildman–Crippen MR) is 78.7 cm³/mol. The van der Waals surface area contributed by atoms with Gasteiger partial charge in [-0.15, -0.1) is 10.2 Å². The highest BCUT2D eigenvalue weighted by Crippen LogP contribution is 2.31. The lowest BCUT2D eigenvalue weighted by Gasteiger charge is -2.10. The van der Waals surface area contributed by atoms with E-state index in [0.29, 0.717) is 13.2 Å². The van der Waals surface area contributed by atoms with Crippen LogP contribution in [0.2, 0.25) is 0 Å². The molecule has 102 valence electrons. The molecule has 2 N–H and O–H groups in total. The van der Waals surface area contributed by atoms with Gasteiger partial charge in [0.05, 0.1) is 6.61 Å². The van der Waals surface area contributed by atoms with Crippen LogP contribution in [0.1, 0.15) is 23.1 Å². The van der Waals surface area contributed by atoms with Crippen LogP contribution in [0.3, 0.4) is 0 Å². The number of hydrogen-bond donors (Lipinski definition) is 1. The zero-order chi connectivity index (χ0) is 13.8. The Balaban J connectivity index is 2.36. The minimum absolute atomic E-state index is 0.607. The van der Waals surface area contributed by atoms with Gasteiger partial charge in [-0.05, 0) is 50.6 Å². The molecule has 1 aromatic heterocycles. The second-order valence-corrected chi connectivity index (χ2v) is 5.47. The maximum absolute atomic E-state index is 5.60. The van der Waals surface area contributed by atoms with Crippen molar-refractivity contribution in [3.63, 3.8) is 0 Å². The highest BCUT2D eigenvalue weighted by atomic mass is 32.1. The summed E-state index contributed by atoms with van der Waals surface area (Å²) in [5.74, 6) is 0.940. The Bertz CT molecular complexity index is 566. The Kier molecular flexibility index (Phi) is 4.50. The van der Waals surface area contributed by atoms with Crippen LogP contribution in [-0.2, 0) is 6.42 Å². The number of nitrogens with zero attached hydrogens (tertiary/aromatic N) is 2. The van der Waals surface area contributed by atoms with Gasteiger partial charge >= 0.3 is 0 Å². The van der Waals surface area contributed by atoms with E-state index in [4.69, 9.17) is 10.5 Å². The topological polar surface area (TPSA) is 61.0 Å². The second kappa shape index (κ2) is 6.12. The van der Waals surface area contributed by atoms with Gasteiger partial charge in [0.25, 0.3) is 0 Å². The smallest absolute Gasteiger partial charge is 0.148 e. The second-order valence-electron chi connectivity index (χ2n) is 4.41. The van der Waals surface area contributed by atoms with Gasteiger partial charge in [-0.1, -0.05) is 11.3 Å². The lowest BCUT2D eigenvalue weighted by atomic mass is 10.1. The van der Waals surface area contributed by atoms with E-state index < -0.39 is 0 Å². The molecule has 0 bridgehead atoms. The SMILES string of the molecule is CCOc1cc(C)c(-c2nnc(CCN)s2)cc1C. The van der Waals surface area contributed by atoms with Crippen molar-refractivity contribution in [1.29, 1.82) is 0 Å². The van der Waals surface area contributed by atoms with Crippen molar-refractivity contribution in [2.24, 2.45) is 5.73 Å². The molecule has 1 aromatic carbocycles. The number of nitrogens with two attached hydrogens (primary N) is 1. The summed E-state index contributed by atoms with van der Waals surface area (Å²) in [7, 11) is 0. The summed E-state index contributed by atoms with van der Waals surface area (Å²) in [6.07, 6.45) is 0.784. The van der Waals surface area contributed by atoms with Gasteiger partial charge in [-0.3, -0.25) is 0 Å². The molecule has 0 atom stereocenters. The normalized spacial score (nSPS) is 10.7. The van der Waals surface area contributed by atoms with Crippen LogP contribution >= 0.6 is 11.3 Å². The van der Waals surface area contributed by atoms with Gasteiger partial charge in [0.2, 0.25) is 0 Å². The molecule has 5 heteroatoms. The largest absolute Gasteiger partial charge is 0.494 e. The zero-order valence-corrected chi connectivity index (χ0v) is 12.4. The summed E-state index contributed by atoms with van der Waals surface area (Å²) >= 11 is 1.61. The lowest BCUT2D eigenvalue weighted by Crippen LogP contribution is -2.01. The quantitative estimate of drug-likeness (QED) is 0.913. The Labute approximate surface area is 117 Å².